The molecule has 0 spiro atoms. The molecule has 0 N–H and O–H groups in total. The number of hydrogen-bond acceptors (Lipinski definition) is 3. The van der Waals surface area contributed by atoms with Gasteiger partial charge in [0.25, 0.3) is 0 Å². The van der Waals surface area contributed by atoms with Gasteiger partial charge in [-0.2, -0.15) is 0 Å². The van der Waals surface area contributed by atoms with Crippen LogP contribution in [0.3, 0.4) is 0 Å². The van der Waals surface area contributed by atoms with Crippen LogP contribution in [0.2, 0.25) is 0 Å². The Balaban J connectivity index is 1.61. The summed E-state index contributed by atoms with van der Waals surface area (Å²) >= 11 is 0. The second-order valence-electron chi connectivity index (χ2n) is 9.12. The van der Waals surface area contributed by atoms with Crippen LogP contribution in [0.1, 0.15) is 72.1 Å². The number of carbonyl (C=O) groups excluding carboxylic acids is 2. The van der Waals surface area contributed by atoms with Gasteiger partial charge in [0.15, 0.2) is 5.78 Å². The van der Waals surface area contributed by atoms with Crippen LogP contribution in [0.15, 0.2) is 11.6 Å². The van der Waals surface area contributed by atoms with Crippen molar-refractivity contribution in [1.29, 1.82) is 0 Å². The molecule has 0 heterocycles. The first-order valence-corrected chi connectivity index (χ1v) is 9.77. The minimum Gasteiger partial charge on any atom is -0.459 e. The van der Waals surface area contributed by atoms with Gasteiger partial charge in [-0.3, -0.25) is 9.59 Å². The van der Waals surface area contributed by atoms with Crippen molar-refractivity contribution >= 4 is 11.8 Å². The predicted octanol–water partition coefficient (Wildman–Crippen LogP) is 4.45. The first kappa shape index (κ1) is 16.4. The van der Waals surface area contributed by atoms with Gasteiger partial charge in [-0.05, 0) is 81.6 Å². The number of ether oxygens (including phenoxy) is 1. The second kappa shape index (κ2) is 5.44. The van der Waals surface area contributed by atoms with E-state index in [9.17, 15) is 9.59 Å². The lowest BCUT2D eigenvalue weighted by Crippen LogP contribution is -2.53. The van der Waals surface area contributed by atoms with E-state index in [2.05, 4.69) is 13.8 Å². The van der Waals surface area contributed by atoms with Crippen LogP contribution in [-0.2, 0) is 14.3 Å². The maximum absolute atomic E-state index is 11.8. The zero-order valence-corrected chi connectivity index (χ0v) is 15.3. The third-order valence-electron chi connectivity index (χ3n) is 8.20. The van der Waals surface area contributed by atoms with E-state index in [4.69, 9.17) is 4.74 Å². The van der Waals surface area contributed by atoms with Crippen LogP contribution in [0.4, 0.5) is 0 Å². The molecule has 3 fully saturated rings. The number of hydrogen-bond donors (Lipinski definition) is 0. The predicted molar refractivity (Wildman–Crippen MR) is 92.3 cm³/mol. The van der Waals surface area contributed by atoms with E-state index >= 15 is 0 Å². The van der Waals surface area contributed by atoms with Gasteiger partial charge in [-0.1, -0.05) is 12.5 Å². The first-order valence-electron chi connectivity index (χ1n) is 9.77. The van der Waals surface area contributed by atoms with Crippen molar-refractivity contribution in [1.82, 2.24) is 0 Å². The summed E-state index contributed by atoms with van der Waals surface area (Å²) in [5.41, 5.74) is 1.26. The Bertz CT molecular complexity index is 606. The minimum absolute atomic E-state index is 0.117. The molecular weight excluding hydrogens is 300 g/mol. The molecular formula is C21H30O3. The van der Waals surface area contributed by atoms with Crippen molar-refractivity contribution < 1.29 is 14.3 Å². The zero-order valence-electron chi connectivity index (χ0n) is 15.3. The highest BCUT2D eigenvalue weighted by Crippen LogP contribution is 2.65. The first-order chi connectivity index (χ1) is 11.3. The number of ketones is 1. The molecule has 0 aromatic heterocycles. The third kappa shape index (κ3) is 2.23. The van der Waals surface area contributed by atoms with E-state index in [1.807, 2.05) is 6.08 Å². The maximum atomic E-state index is 11.8. The lowest BCUT2D eigenvalue weighted by molar-refractivity contribution is -0.176. The molecule has 0 aliphatic heterocycles. The highest BCUT2D eigenvalue weighted by molar-refractivity contribution is 5.91. The van der Waals surface area contributed by atoms with Crippen molar-refractivity contribution in [2.45, 2.75) is 77.7 Å². The number of rotatable bonds is 1. The van der Waals surface area contributed by atoms with Crippen molar-refractivity contribution in [2.24, 2.45) is 29.1 Å². The second-order valence-corrected chi connectivity index (χ2v) is 9.12. The van der Waals surface area contributed by atoms with Crippen LogP contribution in [0, 0.1) is 29.1 Å². The van der Waals surface area contributed by atoms with Crippen molar-refractivity contribution in [2.75, 3.05) is 0 Å². The van der Waals surface area contributed by atoms with Gasteiger partial charge < -0.3 is 4.74 Å². The van der Waals surface area contributed by atoms with Crippen LogP contribution in [-0.4, -0.2) is 17.4 Å². The molecule has 132 valence electrons. The standard InChI is InChI=1S/C21H30O3/c1-13(22)24-21(3)11-9-19-18-6-4-14-12-15(23)5-7-16(14)17(18)8-10-20(19,21)2/h12,16-19H,4-11H2,1-3H3/t16-,17-,18+,19+,20-,21-/m0/s1. The fourth-order valence-corrected chi connectivity index (χ4v) is 6.89. The maximum Gasteiger partial charge on any atom is 0.303 e. The molecule has 6 atom stereocenters. The van der Waals surface area contributed by atoms with E-state index in [0.29, 0.717) is 17.6 Å². The average molecular weight is 330 g/mol. The molecule has 4 rings (SSSR count). The molecule has 0 aromatic carbocycles. The number of carbonyl (C=O) groups is 2. The Hall–Kier alpha value is -1.12. The number of fused-ring (bicyclic) bond motifs is 5. The van der Waals surface area contributed by atoms with Gasteiger partial charge in [-0.25, -0.2) is 0 Å². The summed E-state index contributed by atoms with van der Waals surface area (Å²) in [7, 11) is 0. The highest BCUT2D eigenvalue weighted by atomic mass is 16.6. The Morgan fingerprint density at radius 3 is 2.62 bits per heavy atom. The molecule has 0 bridgehead atoms. The molecule has 4 aliphatic rings. The van der Waals surface area contributed by atoms with E-state index in [0.717, 1.165) is 43.9 Å². The van der Waals surface area contributed by atoms with Crippen LogP contribution < -0.4 is 0 Å². The zero-order chi connectivity index (χ0) is 17.1. The van der Waals surface area contributed by atoms with Gasteiger partial charge >= 0.3 is 5.97 Å². The fourth-order valence-electron chi connectivity index (χ4n) is 6.89. The molecule has 24 heavy (non-hydrogen) atoms. The summed E-state index contributed by atoms with van der Waals surface area (Å²) in [6, 6.07) is 0. The summed E-state index contributed by atoms with van der Waals surface area (Å²) < 4.78 is 5.88. The summed E-state index contributed by atoms with van der Waals surface area (Å²) in [6.07, 6.45) is 10.7. The third-order valence-corrected chi connectivity index (χ3v) is 8.20. The van der Waals surface area contributed by atoms with Crippen molar-refractivity contribution in [3.8, 4) is 0 Å². The van der Waals surface area contributed by atoms with Gasteiger partial charge in [0.05, 0.1) is 0 Å². The Labute approximate surface area is 145 Å². The lowest BCUT2D eigenvalue weighted by atomic mass is 9.51. The molecule has 0 unspecified atom stereocenters. The fraction of sp³-hybridized carbons (Fsp3) is 0.810. The summed E-state index contributed by atoms with van der Waals surface area (Å²) in [4.78, 5) is 23.4. The molecule has 0 aromatic rings. The van der Waals surface area contributed by atoms with Gasteiger partial charge in [0.1, 0.15) is 5.60 Å². The highest BCUT2D eigenvalue weighted by Gasteiger charge is 2.62. The summed E-state index contributed by atoms with van der Waals surface area (Å²) in [6.45, 7) is 6.09. The molecule has 0 saturated heterocycles. The Morgan fingerprint density at radius 1 is 1.08 bits per heavy atom. The topological polar surface area (TPSA) is 43.4 Å². The average Bonchev–Trinajstić information content (AvgIpc) is 2.77. The van der Waals surface area contributed by atoms with Gasteiger partial charge in [0, 0.05) is 18.8 Å². The quantitative estimate of drug-likeness (QED) is 0.667. The SMILES string of the molecule is CC(=O)O[C@@]1(C)CC[C@@H]2[C@@H]3CCC4=CC(=O)CC[C@@H]4[C@@H]3CC[C@@]21C. The van der Waals surface area contributed by atoms with E-state index < -0.39 is 0 Å². The van der Waals surface area contributed by atoms with Crippen LogP contribution in [0.5, 0.6) is 0 Å². The van der Waals surface area contributed by atoms with E-state index in [1.54, 1.807) is 6.92 Å². The van der Waals surface area contributed by atoms with Crippen molar-refractivity contribution in [3.05, 3.63) is 11.6 Å². The van der Waals surface area contributed by atoms with Crippen molar-refractivity contribution in [3.63, 3.8) is 0 Å². The summed E-state index contributed by atoms with van der Waals surface area (Å²) in [5, 5.41) is 0. The largest absolute Gasteiger partial charge is 0.459 e. The minimum atomic E-state index is -0.298. The monoisotopic (exact) mass is 330 g/mol. The Kier molecular flexibility index (Phi) is 3.71. The number of esters is 1. The van der Waals surface area contributed by atoms with Gasteiger partial charge in [0.2, 0.25) is 0 Å². The van der Waals surface area contributed by atoms with Gasteiger partial charge in [-0.15, -0.1) is 0 Å². The lowest BCUT2D eigenvalue weighted by Gasteiger charge is -2.55. The molecule has 3 heteroatoms. The normalized spacial score (nSPS) is 47.3. The summed E-state index contributed by atoms with van der Waals surface area (Å²) in [5.74, 6) is 3.00. The van der Waals surface area contributed by atoms with E-state index in [1.165, 1.54) is 24.8 Å². The molecule has 3 nitrogen and oxygen atoms in total. The van der Waals surface area contributed by atoms with Crippen LogP contribution in [0.25, 0.3) is 0 Å². The number of allylic oxidation sites excluding steroid dienone is 1. The van der Waals surface area contributed by atoms with Crippen LogP contribution >= 0.6 is 0 Å². The molecule has 3 saturated carbocycles. The molecule has 0 amide bonds. The Morgan fingerprint density at radius 2 is 1.88 bits per heavy atom. The van der Waals surface area contributed by atoms with E-state index in [-0.39, 0.29) is 17.0 Å². The smallest absolute Gasteiger partial charge is 0.303 e. The molecule has 0 radical (unpaired) electrons. The molecule has 4 aliphatic carbocycles.